The molecule has 4 aromatic rings. The first-order valence-corrected chi connectivity index (χ1v) is 13.5. The van der Waals surface area contributed by atoms with E-state index in [1.807, 2.05) is 19.1 Å². The van der Waals surface area contributed by atoms with Gasteiger partial charge in [-0.3, -0.25) is 24.5 Å². The molecule has 8 heteroatoms. The van der Waals surface area contributed by atoms with E-state index in [1.54, 1.807) is 59.5 Å². The summed E-state index contributed by atoms with van der Waals surface area (Å²) in [6, 6.07) is 21.7. The van der Waals surface area contributed by atoms with E-state index >= 15 is 0 Å². The third kappa shape index (κ3) is 3.41. The van der Waals surface area contributed by atoms with Gasteiger partial charge in [-0.25, -0.2) is 4.39 Å². The van der Waals surface area contributed by atoms with Crippen molar-refractivity contribution < 1.29 is 23.7 Å². The molecule has 2 heterocycles. The number of fused-ring (bicyclic) bond motifs is 5. The molecule has 0 radical (unpaired) electrons. The highest BCUT2D eigenvalue weighted by Crippen LogP contribution is 2.61. The van der Waals surface area contributed by atoms with Crippen LogP contribution < -0.4 is 4.90 Å². The van der Waals surface area contributed by atoms with Gasteiger partial charge < -0.3 is 4.90 Å². The standard InChI is InChI=1S/C34H23FN2O5/c1-19-6-8-21(9-7-19)31(38)30-29(20-10-14-24(15-11-20)37(41)42)34(32(39)25-4-2-3-5-26(25)33(34)40)28-17-12-22-18-23(35)13-16-27(22)36(28)30/h2-18,28-30H,1H3/t28-,29-,30+/m0/s1. The number of nitro benzene ring substituents is 1. The lowest BCUT2D eigenvalue weighted by atomic mass is 9.64. The third-order valence-corrected chi connectivity index (χ3v) is 8.83. The van der Waals surface area contributed by atoms with Crippen LogP contribution in [0.2, 0.25) is 0 Å². The van der Waals surface area contributed by atoms with Gasteiger partial charge in [0.2, 0.25) is 0 Å². The summed E-state index contributed by atoms with van der Waals surface area (Å²) in [6.45, 7) is 1.90. The molecular formula is C34H23FN2O5. The Morgan fingerprint density at radius 1 is 0.905 bits per heavy atom. The average Bonchev–Trinajstić information content (AvgIpc) is 3.43. The Bertz CT molecular complexity index is 1830. The molecule has 206 valence electrons. The van der Waals surface area contributed by atoms with Crippen molar-refractivity contribution in [3.8, 4) is 0 Å². The van der Waals surface area contributed by atoms with E-state index in [1.165, 1.54) is 36.4 Å². The van der Waals surface area contributed by atoms with E-state index in [0.29, 0.717) is 22.4 Å². The first-order valence-electron chi connectivity index (χ1n) is 13.5. The summed E-state index contributed by atoms with van der Waals surface area (Å²) < 4.78 is 14.4. The number of carbonyl (C=O) groups is 3. The van der Waals surface area contributed by atoms with Crippen LogP contribution in [0, 0.1) is 28.3 Å². The van der Waals surface area contributed by atoms with Crippen LogP contribution in [-0.4, -0.2) is 34.4 Å². The minimum absolute atomic E-state index is 0.155. The molecule has 0 amide bonds. The first-order chi connectivity index (χ1) is 20.2. The quantitative estimate of drug-likeness (QED) is 0.125. The minimum Gasteiger partial charge on any atom is -0.352 e. The van der Waals surface area contributed by atoms with Gasteiger partial charge in [-0.05, 0) is 30.7 Å². The van der Waals surface area contributed by atoms with Crippen molar-refractivity contribution in [1.82, 2.24) is 0 Å². The van der Waals surface area contributed by atoms with Gasteiger partial charge >= 0.3 is 0 Å². The van der Waals surface area contributed by atoms with E-state index in [4.69, 9.17) is 0 Å². The highest BCUT2D eigenvalue weighted by atomic mass is 19.1. The highest BCUT2D eigenvalue weighted by Gasteiger charge is 2.71. The van der Waals surface area contributed by atoms with Crippen molar-refractivity contribution in [2.75, 3.05) is 4.90 Å². The normalized spacial score (nSPS) is 21.3. The van der Waals surface area contributed by atoms with Crippen LogP contribution in [0.15, 0.2) is 97.1 Å². The van der Waals surface area contributed by atoms with Crippen LogP contribution in [0.5, 0.6) is 0 Å². The van der Waals surface area contributed by atoms with E-state index < -0.39 is 45.7 Å². The number of Topliss-reactive ketones (excluding diaryl/α,β-unsaturated/α-hetero) is 3. The highest BCUT2D eigenvalue weighted by molar-refractivity contribution is 6.32. The van der Waals surface area contributed by atoms with Crippen molar-refractivity contribution in [3.63, 3.8) is 0 Å². The topological polar surface area (TPSA) is 97.6 Å². The molecule has 0 aromatic heterocycles. The van der Waals surface area contributed by atoms with Gasteiger partial charge in [-0.1, -0.05) is 78.4 Å². The largest absolute Gasteiger partial charge is 0.352 e. The molecule has 7 rings (SSSR count). The predicted octanol–water partition coefficient (Wildman–Crippen LogP) is 6.36. The van der Waals surface area contributed by atoms with Crippen LogP contribution in [0.25, 0.3) is 6.08 Å². The second kappa shape index (κ2) is 9.14. The van der Waals surface area contributed by atoms with Gasteiger partial charge in [0.25, 0.3) is 5.69 Å². The summed E-state index contributed by atoms with van der Waals surface area (Å²) >= 11 is 0. The molecule has 7 nitrogen and oxygen atoms in total. The lowest BCUT2D eigenvalue weighted by Crippen LogP contribution is -2.48. The van der Waals surface area contributed by atoms with Crippen LogP contribution in [0.3, 0.4) is 0 Å². The lowest BCUT2D eigenvalue weighted by Gasteiger charge is -2.37. The molecule has 3 aliphatic rings. The zero-order valence-electron chi connectivity index (χ0n) is 22.4. The van der Waals surface area contributed by atoms with Crippen molar-refractivity contribution in [1.29, 1.82) is 0 Å². The smallest absolute Gasteiger partial charge is 0.269 e. The zero-order chi connectivity index (χ0) is 29.3. The molecular weight excluding hydrogens is 535 g/mol. The Kier molecular flexibility index (Phi) is 5.59. The number of ketones is 3. The molecule has 1 saturated heterocycles. The Morgan fingerprint density at radius 2 is 1.55 bits per heavy atom. The van der Waals surface area contributed by atoms with Crippen LogP contribution in [0.1, 0.15) is 53.7 Å². The molecule has 0 unspecified atom stereocenters. The molecule has 2 aliphatic heterocycles. The fraction of sp³-hybridized carbons (Fsp3) is 0.147. The first kappa shape index (κ1) is 25.7. The second-order valence-corrected chi connectivity index (χ2v) is 11.0. The fourth-order valence-electron chi connectivity index (χ4n) is 7.01. The van der Waals surface area contributed by atoms with Gasteiger partial charge in [-0.2, -0.15) is 0 Å². The minimum atomic E-state index is -1.74. The molecule has 0 N–H and O–H groups in total. The van der Waals surface area contributed by atoms with E-state index in [-0.39, 0.29) is 22.6 Å². The van der Waals surface area contributed by atoms with Crippen molar-refractivity contribution in [2.45, 2.75) is 24.9 Å². The number of halogens is 1. The number of anilines is 1. The number of nitro groups is 1. The van der Waals surface area contributed by atoms with Crippen molar-refractivity contribution in [2.24, 2.45) is 5.41 Å². The van der Waals surface area contributed by atoms with E-state index in [2.05, 4.69) is 0 Å². The molecule has 0 saturated carbocycles. The maximum absolute atomic E-state index is 14.6. The average molecular weight is 559 g/mol. The molecule has 0 bridgehead atoms. The predicted molar refractivity (Wildman–Crippen MR) is 154 cm³/mol. The Morgan fingerprint density at radius 3 is 2.17 bits per heavy atom. The number of non-ortho nitro benzene ring substituents is 1. The number of hydrogen-bond donors (Lipinski definition) is 0. The van der Waals surface area contributed by atoms with Gasteiger partial charge in [0.1, 0.15) is 17.3 Å². The molecule has 1 fully saturated rings. The molecule has 3 atom stereocenters. The van der Waals surface area contributed by atoms with E-state index in [9.17, 15) is 28.9 Å². The van der Waals surface area contributed by atoms with E-state index in [0.717, 1.165) is 5.56 Å². The van der Waals surface area contributed by atoms with Crippen LogP contribution >= 0.6 is 0 Å². The summed E-state index contributed by atoms with van der Waals surface area (Å²) in [5.41, 5.74) is 1.49. The number of hydrogen-bond acceptors (Lipinski definition) is 6. The summed E-state index contributed by atoms with van der Waals surface area (Å²) in [5, 5.41) is 11.5. The Labute approximate surface area is 240 Å². The summed E-state index contributed by atoms with van der Waals surface area (Å²) in [6.07, 6.45) is 3.40. The molecule has 4 aromatic carbocycles. The summed E-state index contributed by atoms with van der Waals surface area (Å²) in [4.78, 5) is 56.5. The number of carbonyl (C=O) groups excluding carboxylic acids is 3. The zero-order valence-corrected chi connectivity index (χ0v) is 22.4. The number of aryl methyl sites for hydroxylation is 1. The van der Waals surface area contributed by atoms with Gasteiger partial charge in [0.15, 0.2) is 17.3 Å². The van der Waals surface area contributed by atoms with Gasteiger partial charge in [0.05, 0.1) is 11.0 Å². The molecule has 42 heavy (non-hydrogen) atoms. The second-order valence-electron chi connectivity index (χ2n) is 11.0. The summed E-state index contributed by atoms with van der Waals surface area (Å²) in [5.74, 6) is -2.60. The molecule has 1 aliphatic carbocycles. The van der Waals surface area contributed by atoms with Gasteiger partial charge in [-0.15, -0.1) is 0 Å². The van der Waals surface area contributed by atoms with Crippen LogP contribution in [-0.2, 0) is 0 Å². The van der Waals surface area contributed by atoms with Crippen molar-refractivity contribution in [3.05, 3.63) is 146 Å². The summed E-state index contributed by atoms with van der Waals surface area (Å²) in [7, 11) is 0. The third-order valence-electron chi connectivity index (χ3n) is 8.83. The van der Waals surface area contributed by atoms with Crippen LogP contribution in [0.4, 0.5) is 15.8 Å². The lowest BCUT2D eigenvalue weighted by molar-refractivity contribution is -0.384. The Hall–Kier alpha value is -5.24. The number of nitrogens with zero attached hydrogens (tertiary/aromatic N) is 2. The SMILES string of the molecule is Cc1ccc(C(=O)[C@H]2[C@H](c3ccc([N+](=O)[O-])cc3)C3(C(=O)c4ccccc4C3=O)[C@@H]3C=Cc4cc(F)ccc4N32)cc1. The number of rotatable bonds is 4. The fourth-order valence-corrected chi connectivity index (χ4v) is 7.01. The monoisotopic (exact) mass is 558 g/mol. The molecule has 1 spiro atoms. The number of benzene rings is 4. The maximum Gasteiger partial charge on any atom is 0.269 e. The van der Waals surface area contributed by atoms with Crippen molar-refractivity contribution >= 4 is 34.8 Å². The Balaban J connectivity index is 1.54. The van der Waals surface area contributed by atoms with Gasteiger partial charge in [0, 0.05) is 46.0 Å². The maximum atomic E-state index is 14.6.